The highest BCUT2D eigenvalue weighted by atomic mass is 16.6. The minimum Gasteiger partial charge on any atom is -0.504 e. The molecule has 2 heterocycles. The van der Waals surface area contributed by atoms with Gasteiger partial charge >= 0.3 is 6.09 Å². The second kappa shape index (κ2) is 5.38. The first-order valence-electron chi connectivity index (χ1n) is 7.78. The number of para-hydroxylation sites is 1. The Balaban J connectivity index is 1.82. The van der Waals surface area contributed by atoms with Crippen molar-refractivity contribution in [1.82, 2.24) is 4.90 Å². The number of amides is 1. The smallest absolute Gasteiger partial charge is 0.410 e. The van der Waals surface area contributed by atoms with Crippen LogP contribution in [-0.2, 0) is 4.74 Å². The Morgan fingerprint density at radius 2 is 2.14 bits per heavy atom. The van der Waals surface area contributed by atoms with Crippen LogP contribution in [0.15, 0.2) is 18.2 Å². The van der Waals surface area contributed by atoms with E-state index in [1.165, 1.54) is 0 Å². The second-order valence-corrected chi connectivity index (χ2v) is 7.08. The van der Waals surface area contributed by atoms with Gasteiger partial charge in [-0.3, -0.25) is 0 Å². The third-order valence-corrected chi connectivity index (χ3v) is 4.25. The first kappa shape index (κ1) is 15.0. The highest BCUT2D eigenvalue weighted by Crippen LogP contribution is 2.45. The van der Waals surface area contributed by atoms with Gasteiger partial charge in [-0.2, -0.15) is 0 Å². The number of benzene rings is 1. The van der Waals surface area contributed by atoms with Crippen LogP contribution < -0.4 is 4.74 Å². The summed E-state index contributed by atoms with van der Waals surface area (Å²) in [5.41, 5.74) is 0.509. The largest absolute Gasteiger partial charge is 0.504 e. The Hall–Kier alpha value is -1.91. The summed E-state index contributed by atoms with van der Waals surface area (Å²) in [6.07, 6.45) is 0.612. The van der Waals surface area contributed by atoms with Crippen molar-refractivity contribution in [3.05, 3.63) is 23.8 Å². The maximum absolute atomic E-state index is 12.3. The molecule has 1 saturated heterocycles. The molecule has 0 spiro atoms. The van der Waals surface area contributed by atoms with Crippen molar-refractivity contribution in [3.63, 3.8) is 0 Å². The van der Waals surface area contributed by atoms with Gasteiger partial charge in [0.25, 0.3) is 0 Å². The molecule has 0 radical (unpaired) electrons. The Bertz CT molecular complexity index is 579. The van der Waals surface area contributed by atoms with Crippen molar-refractivity contribution in [2.75, 3.05) is 19.7 Å². The van der Waals surface area contributed by atoms with Crippen LogP contribution in [0.1, 0.15) is 38.7 Å². The first-order valence-corrected chi connectivity index (χ1v) is 7.78. The molecule has 2 aliphatic heterocycles. The molecule has 5 nitrogen and oxygen atoms in total. The average molecular weight is 305 g/mol. The van der Waals surface area contributed by atoms with Gasteiger partial charge < -0.3 is 19.5 Å². The molecule has 0 saturated carbocycles. The molecule has 1 aromatic rings. The fraction of sp³-hybridized carbons (Fsp3) is 0.588. The lowest BCUT2D eigenvalue weighted by Crippen LogP contribution is -2.35. The number of rotatable bonds is 0. The highest BCUT2D eigenvalue weighted by molar-refractivity contribution is 5.69. The normalized spacial score (nSPS) is 24.0. The van der Waals surface area contributed by atoms with Crippen molar-refractivity contribution in [2.24, 2.45) is 5.92 Å². The molecule has 0 aliphatic carbocycles. The first-order chi connectivity index (χ1) is 10.3. The molecule has 1 amide bonds. The Morgan fingerprint density at radius 3 is 2.86 bits per heavy atom. The van der Waals surface area contributed by atoms with E-state index in [1.54, 1.807) is 11.0 Å². The van der Waals surface area contributed by atoms with Crippen LogP contribution in [0.25, 0.3) is 0 Å². The summed E-state index contributed by atoms with van der Waals surface area (Å²) in [4.78, 5) is 14.1. The third kappa shape index (κ3) is 2.85. The summed E-state index contributed by atoms with van der Waals surface area (Å²) >= 11 is 0. The number of fused-ring (bicyclic) bond motifs is 3. The molecule has 0 unspecified atom stereocenters. The topological polar surface area (TPSA) is 59.0 Å². The van der Waals surface area contributed by atoms with Crippen LogP contribution in [-0.4, -0.2) is 41.4 Å². The summed E-state index contributed by atoms with van der Waals surface area (Å²) in [5.74, 6) is 1.28. The predicted octanol–water partition coefficient (Wildman–Crippen LogP) is 3.13. The zero-order valence-electron chi connectivity index (χ0n) is 13.3. The highest BCUT2D eigenvalue weighted by Gasteiger charge is 2.40. The molecule has 3 rings (SSSR count). The fourth-order valence-corrected chi connectivity index (χ4v) is 3.30. The van der Waals surface area contributed by atoms with Crippen molar-refractivity contribution < 1.29 is 19.4 Å². The minimum atomic E-state index is -0.485. The maximum atomic E-state index is 12.3. The van der Waals surface area contributed by atoms with Gasteiger partial charge in [-0.15, -0.1) is 0 Å². The fourth-order valence-electron chi connectivity index (χ4n) is 3.30. The molecule has 1 aromatic carbocycles. The van der Waals surface area contributed by atoms with Crippen LogP contribution in [0.2, 0.25) is 0 Å². The van der Waals surface area contributed by atoms with Crippen LogP contribution in [0.4, 0.5) is 4.79 Å². The molecular weight excluding hydrogens is 282 g/mol. The van der Waals surface area contributed by atoms with E-state index < -0.39 is 5.60 Å². The van der Waals surface area contributed by atoms with Crippen LogP contribution >= 0.6 is 0 Å². The molecule has 2 aliphatic rings. The molecule has 0 bridgehead atoms. The van der Waals surface area contributed by atoms with Crippen molar-refractivity contribution >= 4 is 6.09 Å². The van der Waals surface area contributed by atoms with Gasteiger partial charge in [0.15, 0.2) is 11.5 Å². The number of carbonyl (C=O) groups excluding carboxylic acids is 1. The minimum absolute atomic E-state index is 0.175. The van der Waals surface area contributed by atoms with Crippen LogP contribution in [0.5, 0.6) is 11.5 Å². The molecule has 5 heteroatoms. The summed E-state index contributed by atoms with van der Waals surface area (Å²) in [5, 5.41) is 10.00. The van der Waals surface area contributed by atoms with E-state index >= 15 is 0 Å². The Kier molecular flexibility index (Phi) is 3.67. The van der Waals surface area contributed by atoms with Gasteiger partial charge in [0.05, 0.1) is 6.61 Å². The number of hydrogen-bond donors (Lipinski definition) is 1. The number of aromatic hydroxyl groups is 1. The van der Waals surface area contributed by atoms with E-state index in [-0.39, 0.29) is 17.8 Å². The molecule has 2 atom stereocenters. The van der Waals surface area contributed by atoms with Gasteiger partial charge in [0, 0.05) is 24.6 Å². The average Bonchev–Trinajstić information content (AvgIpc) is 2.75. The number of hydrogen-bond acceptors (Lipinski definition) is 4. The lowest BCUT2D eigenvalue weighted by molar-refractivity contribution is 0.0284. The van der Waals surface area contributed by atoms with Crippen molar-refractivity contribution in [1.29, 1.82) is 0 Å². The maximum Gasteiger partial charge on any atom is 0.410 e. The summed E-state index contributed by atoms with van der Waals surface area (Å²) < 4.78 is 11.2. The number of likely N-dealkylation sites (tertiary alicyclic amines) is 1. The van der Waals surface area contributed by atoms with Gasteiger partial charge in [0.2, 0.25) is 0 Å². The van der Waals surface area contributed by atoms with Crippen LogP contribution in [0.3, 0.4) is 0 Å². The van der Waals surface area contributed by atoms with E-state index in [2.05, 4.69) is 0 Å². The van der Waals surface area contributed by atoms with Gasteiger partial charge in [-0.05, 0) is 39.2 Å². The lowest BCUT2D eigenvalue weighted by Gasteiger charge is -2.24. The number of phenolic OH excluding ortho intramolecular Hbond substituents is 1. The van der Waals surface area contributed by atoms with Crippen molar-refractivity contribution in [2.45, 2.75) is 38.7 Å². The van der Waals surface area contributed by atoms with Crippen molar-refractivity contribution in [3.8, 4) is 11.5 Å². The molecule has 22 heavy (non-hydrogen) atoms. The second-order valence-electron chi connectivity index (χ2n) is 7.08. The molecule has 1 N–H and O–H groups in total. The summed E-state index contributed by atoms with van der Waals surface area (Å²) in [6, 6.07) is 5.45. The molecule has 120 valence electrons. The third-order valence-electron chi connectivity index (χ3n) is 4.25. The lowest BCUT2D eigenvalue weighted by atomic mass is 9.87. The summed E-state index contributed by atoms with van der Waals surface area (Å²) in [6.45, 7) is 7.48. The number of phenols is 1. The Morgan fingerprint density at radius 1 is 1.36 bits per heavy atom. The SMILES string of the molecule is CC(C)(C)OC(=O)N1C[C@@H]2CCOc3c(O)cccc3[C@H]2C1. The monoisotopic (exact) mass is 305 g/mol. The number of carbonyl (C=O) groups is 1. The quantitative estimate of drug-likeness (QED) is 0.800. The summed E-state index contributed by atoms with van der Waals surface area (Å²) in [7, 11) is 0. The standard InChI is InChI=1S/C17H23NO4/c1-17(2,3)22-16(20)18-9-11-7-8-21-15-12(13(11)10-18)5-4-6-14(15)19/h4-6,11,13,19H,7-10H2,1-3H3/t11-,13-/m0/s1. The number of nitrogens with zero attached hydrogens (tertiary/aromatic N) is 1. The van der Waals surface area contributed by atoms with E-state index in [0.717, 1.165) is 12.0 Å². The van der Waals surface area contributed by atoms with Gasteiger partial charge in [-0.25, -0.2) is 4.79 Å². The zero-order valence-corrected chi connectivity index (χ0v) is 13.3. The number of ether oxygens (including phenoxy) is 2. The molecule has 1 fully saturated rings. The van der Waals surface area contributed by atoms with E-state index in [9.17, 15) is 9.90 Å². The Labute approximate surface area is 130 Å². The molecule has 0 aromatic heterocycles. The van der Waals surface area contributed by atoms with E-state index in [1.807, 2.05) is 32.9 Å². The van der Waals surface area contributed by atoms with Crippen LogP contribution in [0, 0.1) is 5.92 Å². The van der Waals surface area contributed by atoms with E-state index in [0.29, 0.717) is 31.4 Å². The molecular formula is C17H23NO4. The zero-order chi connectivity index (χ0) is 15.9. The predicted molar refractivity (Wildman–Crippen MR) is 82.3 cm³/mol. The van der Waals surface area contributed by atoms with Gasteiger partial charge in [0.1, 0.15) is 5.60 Å². The van der Waals surface area contributed by atoms with Gasteiger partial charge in [-0.1, -0.05) is 12.1 Å². The van der Waals surface area contributed by atoms with E-state index in [4.69, 9.17) is 9.47 Å².